The van der Waals surface area contributed by atoms with Gasteiger partial charge in [-0.25, -0.2) is 4.98 Å². The molecule has 2 aromatic rings. The number of ether oxygens (including phenoxy) is 1. The molecule has 1 unspecified atom stereocenters. The Morgan fingerprint density at radius 1 is 1.29 bits per heavy atom. The molecule has 1 atom stereocenters. The van der Waals surface area contributed by atoms with Gasteiger partial charge in [0.2, 0.25) is 0 Å². The number of aryl methyl sites for hydroxylation is 1. The number of amides is 2. The summed E-state index contributed by atoms with van der Waals surface area (Å²) in [6, 6.07) is 5.31. The Labute approximate surface area is 176 Å². The van der Waals surface area contributed by atoms with Gasteiger partial charge in [0.25, 0.3) is 11.8 Å². The van der Waals surface area contributed by atoms with E-state index in [9.17, 15) is 27.9 Å². The van der Waals surface area contributed by atoms with Gasteiger partial charge in [0.05, 0.1) is 12.6 Å². The van der Waals surface area contributed by atoms with Crippen molar-refractivity contribution in [3.63, 3.8) is 0 Å². The number of carbonyl (C=O) groups is 2. The van der Waals surface area contributed by atoms with Crippen LogP contribution in [0.15, 0.2) is 30.5 Å². The molecule has 0 spiro atoms. The molecule has 0 saturated carbocycles. The number of hydrogen-bond donors (Lipinski definition) is 2. The summed E-state index contributed by atoms with van der Waals surface area (Å²) in [7, 11) is 0. The molecule has 1 aliphatic rings. The number of hydrogen-bond acceptors (Lipinski definition) is 5. The Morgan fingerprint density at radius 2 is 1.97 bits per heavy atom. The number of halogens is 3. The van der Waals surface area contributed by atoms with E-state index in [4.69, 9.17) is 0 Å². The van der Waals surface area contributed by atoms with Crippen LogP contribution >= 0.6 is 0 Å². The van der Waals surface area contributed by atoms with Gasteiger partial charge in [0, 0.05) is 17.3 Å². The van der Waals surface area contributed by atoms with E-state index in [-0.39, 0.29) is 29.6 Å². The van der Waals surface area contributed by atoms with Crippen LogP contribution in [-0.4, -0.2) is 38.8 Å². The molecule has 0 bridgehead atoms. The fourth-order valence-electron chi connectivity index (χ4n) is 3.28. The van der Waals surface area contributed by atoms with Crippen molar-refractivity contribution in [1.82, 2.24) is 9.88 Å². The molecule has 0 fully saturated rings. The SMILES string of the molecule is Cc1cc(C(C)N2Cc3c(ccnc3NC(=O)C(C)(C)O)C2=O)ccc1OC(F)(F)F. The van der Waals surface area contributed by atoms with Gasteiger partial charge < -0.3 is 20.1 Å². The Kier molecular flexibility index (Phi) is 5.70. The largest absolute Gasteiger partial charge is 0.573 e. The van der Waals surface area contributed by atoms with E-state index < -0.39 is 23.9 Å². The monoisotopic (exact) mass is 437 g/mol. The minimum absolute atomic E-state index is 0.143. The van der Waals surface area contributed by atoms with Crippen molar-refractivity contribution in [2.75, 3.05) is 5.32 Å². The van der Waals surface area contributed by atoms with Crippen LogP contribution in [0.5, 0.6) is 5.75 Å². The first kappa shape index (κ1) is 22.5. The lowest BCUT2D eigenvalue weighted by Crippen LogP contribution is -2.37. The normalized spacial score (nSPS) is 15.0. The van der Waals surface area contributed by atoms with Crippen LogP contribution in [0.25, 0.3) is 0 Å². The van der Waals surface area contributed by atoms with Crippen LogP contribution in [-0.2, 0) is 11.3 Å². The highest BCUT2D eigenvalue weighted by Crippen LogP contribution is 2.36. The van der Waals surface area contributed by atoms with Crippen molar-refractivity contribution in [1.29, 1.82) is 0 Å². The molecule has 0 aliphatic carbocycles. The number of aromatic nitrogens is 1. The first-order chi connectivity index (χ1) is 14.3. The van der Waals surface area contributed by atoms with Crippen molar-refractivity contribution in [2.45, 2.75) is 52.2 Å². The number of benzene rings is 1. The number of rotatable bonds is 5. The van der Waals surface area contributed by atoms with E-state index in [0.29, 0.717) is 16.7 Å². The molecule has 2 heterocycles. The molecule has 1 aliphatic heterocycles. The number of pyridine rings is 1. The highest BCUT2D eigenvalue weighted by Gasteiger charge is 2.36. The van der Waals surface area contributed by atoms with Crippen molar-refractivity contribution in [3.05, 3.63) is 52.7 Å². The molecule has 166 valence electrons. The number of alkyl halides is 3. The summed E-state index contributed by atoms with van der Waals surface area (Å²) < 4.78 is 41.5. The quantitative estimate of drug-likeness (QED) is 0.744. The summed E-state index contributed by atoms with van der Waals surface area (Å²) in [6.45, 7) is 6.06. The van der Waals surface area contributed by atoms with Crippen molar-refractivity contribution >= 4 is 17.6 Å². The van der Waals surface area contributed by atoms with Crippen molar-refractivity contribution in [2.24, 2.45) is 0 Å². The van der Waals surface area contributed by atoms with E-state index in [0.717, 1.165) is 0 Å². The Morgan fingerprint density at radius 3 is 2.55 bits per heavy atom. The number of nitrogens with zero attached hydrogens (tertiary/aromatic N) is 2. The maximum absolute atomic E-state index is 12.9. The van der Waals surface area contributed by atoms with Crippen LogP contribution in [0.4, 0.5) is 19.0 Å². The standard InChI is InChI=1S/C21H22F3N3O4/c1-11-9-13(5-6-16(11)31-21(22,23)24)12(2)27-10-15-14(18(27)28)7-8-25-17(15)26-19(29)20(3,4)30/h5-9,12,30H,10H2,1-4H3,(H,25,26,29). The van der Waals surface area contributed by atoms with Crippen LogP contribution < -0.4 is 10.1 Å². The fourth-order valence-corrected chi connectivity index (χ4v) is 3.28. The maximum Gasteiger partial charge on any atom is 0.573 e. The molecule has 0 saturated heterocycles. The van der Waals surface area contributed by atoms with E-state index in [1.165, 1.54) is 56.1 Å². The van der Waals surface area contributed by atoms with Crippen LogP contribution in [0.3, 0.4) is 0 Å². The minimum Gasteiger partial charge on any atom is -0.406 e. The van der Waals surface area contributed by atoms with Gasteiger partial charge in [-0.3, -0.25) is 9.59 Å². The molecule has 31 heavy (non-hydrogen) atoms. The van der Waals surface area contributed by atoms with Gasteiger partial charge in [-0.1, -0.05) is 12.1 Å². The number of nitrogens with one attached hydrogen (secondary N) is 1. The van der Waals surface area contributed by atoms with Gasteiger partial charge >= 0.3 is 6.36 Å². The van der Waals surface area contributed by atoms with Crippen LogP contribution in [0.1, 0.15) is 53.9 Å². The van der Waals surface area contributed by atoms with Gasteiger partial charge in [-0.2, -0.15) is 0 Å². The Bertz CT molecular complexity index is 1030. The highest BCUT2D eigenvalue weighted by atomic mass is 19.4. The molecule has 2 N–H and O–H groups in total. The molecule has 0 radical (unpaired) electrons. The van der Waals surface area contributed by atoms with Gasteiger partial charge in [0.1, 0.15) is 17.2 Å². The average Bonchev–Trinajstić information content (AvgIpc) is 2.99. The van der Waals surface area contributed by atoms with Crippen LogP contribution in [0, 0.1) is 6.92 Å². The third-order valence-corrected chi connectivity index (χ3v) is 5.04. The molecule has 1 aromatic carbocycles. The summed E-state index contributed by atoms with van der Waals surface area (Å²) >= 11 is 0. The van der Waals surface area contributed by atoms with Crippen LogP contribution in [0.2, 0.25) is 0 Å². The van der Waals surface area contributed by atoms with Gasteiger partial charge in [-0.05, 0) is 51.0 Å². The summed E-state index contributed by atoms with van der Waals surface area (Å²) in [5.41, 5.74) is 0.152. The zero-order valence-electron chi connectivity index (χ0n) is 17.4. The summed E-state index contributed by atoms with van der Waals surface area (Å²) in [5, 5.41) is 12.4. The second-order valence-corrected chi connectivity index (χ2v) is 7.88. The molecule has 3 rings (SSSR count). The lowest BCUT2D eigenvalue weighted by molar-refractivity contribution is -0.274. The summed E-state index contributed by atoms with van der Waals surface area (Å²) in [4.78, 5) is 30.7. The lowest BCUT2D eigenvalue weighted by Gasteiger charge is -2.25. The third-order valence-electron chi connectivity index (χ3n) is 5.04. The maximum atomic E-state index is 12.9. The first-order valence-corrected chi connectivity index (χ1v) is 9.47. The van der Waals surface area contributed by atoms with Crippen molar-refractivity contribution in [3.8, 4) is 5.75 Å². The summed E-state index contributed by atoms with van der Waals surface area (Å²) in [6.07, 6.45) is -3.40. The number of anilines is 1. The van der Waals surface area contributed by atoms with Crippen molar-refractivity contribution < 1.29 is 32.6 Å². The topological polar surface area (TPSA) is 91.8 Å². The van der Waals surface area contributed by atoms with E-state index >= 15 is 0 Å². The lowest BCUT2D eigenvalue weighted by atomic mass is 10.0. The molecule has 2 amide bonds. The predicted molar refractivity (Wildman–Crippen MR) is 105 cm³/mol. The second-order valence-electron chi connectivity index (χ2n) is 7.88. The molecular weight excluding hydrogens is 415 g/mol. The Balaban J connectivity index is 1.84. The van der Waals surface area contributed by atoms with E-state index in [2.05, 4.69) is 15.0 Å². The third kappa shape index (κ3) is 4.79. The Hall–Kier alpha value is -3.14. The molecule has 1 aromatic heterocycles. The number of fused-ring (bicyclic) bond motifs is 1. The molecule has 7 nitrogen and oxygen atoms in total. The van der Waals surface area contributed by atoms with E-state index in [1.54, 1.807) is 6.92 Å². The zero-order valence-corrected chi connectivity index (χ0v) is 17.4. The number of aliphatic hydroxyl groups is 1. The van der Waals surface area contributed by atoms with Gasteiger partial charge in [-0.15, -0.1) is 13.2 Å². The molecular formula is C21H22F3N3O4. The molecule has 10 heteroatoms. The number of carbonyl (C=O) groups excluding carboxylic acids is 2. The smallest absolute Gasteiger partial charge is 0.406 e. The average molecular weight is 437 g/mol. The zero-order chi connectivity index (χ0) is 23.1. The van der Waals surface area contributed by atoms with E-state index in [1.807, 2.05) is 0 Å². The van der Waals surface area contributed by atoms with Gasteiger partial charge in [0.15, 0.2) is 0 Å². The highest BCUT2D eigenvalue weighted by molar-refractivity contribution is 6.02. The predicted octanol–water partition coefficient (Wildman–Crippen LogP) is 3.72. The second kappa shape index (κ2) is 7.84. The first-order valence-electron chi connectivity index (χ1n) is 9.47. The minimum atomic E-state index is -4.79. The summed E-state index contributed by atoms with van der Waals surface area (Å²) in [5.74, 6) is -1.08. The fraction of sp³-hybridized carbons (Fsp3) is 0.381.